The number of benzene rings is 2. The van der Waals surface area contributed by atoms with Gasteiger partial charge in [0.1, 0.15) is 11.6 Å². The van der Waals surface area contributed by atoms with Crippen LogP contribution in [0.5, 0.6) is 5.75 Å². The van der Waals surface area contributed by atoms with Gasteiger partial charge in [-0.25, -0.2) is 9.49 Å². The molecule has 25 heavy (non-hydrogen) atoms. The summed E-state index contributed by atoms with van der Waals surface area (Å²) in [5, 5.41) is 22.1. The van der Waals surface area contributed by atoms with E-state index in [9.17, 15) is 22.7 Å². The van der Waals surface area contributed by atoms with Crippen LogP contribution in [0, 0.1) is 17.7 Å². The summed E-state index contributed by atoms with van der Waals surface area (Å²) in [6.07, 6.45) is -4.69. The third-order valence-electron chi connectivity index (χ3n) is 3.23. The third kappa shape index (κ3) is 3.58. The fourth-order valence-corrected chi connectivity index (χ4v) is 2.06. The maximum Gasteiger partial charge on any atom is 0.417 e. The molecule has 9 heteroatoms. The molecule has 0 fully saturated rings. The van der Waals surface area contributed by atoms with Crippen molar-refractivity contribution >= 4 is 0 Å². The highest BCUT2D eigenvalue weighted by molar-refractivity contribution is 5.57. The molecule has 0 unspecified atom stereocenters. The van der Waals surface area contributed by atoms with Gasteiger partial charge in [0.2, 0.25) is 0 Å². The minimum Gasteiger partial charge on any atom is -0.508 e. The monoisotopic (exact) mass is 348 g/mol. The molecule has 0 atom stereocenters. The summed E-state index contributed by atoms with van der Waals surface area (Å²) in [6, 6.07) is 6.59. The van der Waals surface area contributed by atoms with Crippen LogP contribution in [0.2, 0.25) is 0 Å². The van der Waals surface area contributed by atoms with E-state index in [1.54, 1.807) is 0 Å². The molecule has 0 aliphatic heterocycles. The number of phenolic OH excluding ortho intramolecular Hbond substituents is 1. The minimum absolute atomic E-state index is 0.0857. The van der Waals surface area contributed by atoms with Crippen LogP contribution in [0.4, 0.5) is 17.6 Å². The van der Waals surface area contributed by atoms with Crippen LogP contribution in [0.1, 0.15) is 16.7 Å². The standard InChI is InChI=1S/C16H8F4N4O/c17-14-7-11(15-21-23-24-22-15)4-3-10(14)2-1-9-5-6-12(25)8-13(9)16(18,19)20/h3-8,25H,(H,21,22,23,24). The Bertz CT molecular complexity index is 972. The largest absolute Gasteiger partial charge is 0.508 e. The highest BCUT2D eigenvalue weighted by Crippen LogP contribution is 2.33. The van der Waals surface area contributed by atoms with Crippen LogP contribution < -0.4 is 0 Å². The van der Waals surface area contributed by atoms with Crippen molar-refractivity contribution in [1.82, 2.24) is 20.6 Å². The van der Waals surface area contributed by atoms with Crippen molar-refractivity contribution in [3.8, 4) is 29.0 Å². The lowest BCUT2D eigenvalue weighted by Crippen LogP contribution is -2.07. The van der Waals surface area contributed by atoms with Crippen molar-refractivity contribution in [3.05, 3.63) is 58.9 Å². The number of alkyl halides is 3. The molecule has 1 aromatic heterocycles. The number of phenols is 1. The van der Waals surface area contributed by atoms with E-state index < -0.39 is 23.3 Å². The lowest BCUT2D eigenvalue weighted by molar-refractivity contribution is -0.137. The van der Waals surface area contributed by atoms with Gasteiger partial charge < -0.3 is 5.11 Å². The Kier molecular flexibility index (Phi) is 4.10. The number of nitrogens with zero attached hydrogens (tertiary/aromatic N) is 3. The van der Waals surface area contributed by atoms with Crippen LogP contribution in [0.25, 0.3) is 11.4 Å². The van der Waals surface area contributed by atoms with Gasteiger partial charge in [0.05, 0.1) is 11.1 Å². The Labute approximate surface area is 138 Å². The second-order valence-corrected chi connectivity index (χ2v) is 4.92. The average molecular weight is 348 g/mol. The van der Waals surface area contributed by atoms with Gasteiger partial charge in [-0.2, -0.15) is 13.2 Å². The fraction of sp³-hybridized carbons (Fsp3) is 0.0625. The van der Waals surface area contributed by atoms with Crippen molar-refractivity contribution in [2.24, 2.45) is 0 Å². The first-order chi connectivity index (χ1) is 11.8. The van der Waals surface area contributed by atoms with Gasteiger partial charge in [-0.1, -0.05) is 11.8 Å². The zero-order valence-electron chi connectivity index (χ0n) is 12.3. The SMILES string of the molecule is Oc1ccc(C#Cc2ccc(-c3nnn[nH]3)cc2F)c(C(F)(F)F)c1. The molecule has 2 N–H and O–H groups in total. The van der Waals surface area contributed by atoms with Crippen molar-refractivity contribution in [3.63, 3.8) is 0 Å². The first-order valence-electron chi connectivity index (χ1n) is 6.80. The van der Waals surface area contributed by atoms with Gasteiger partial charge in [0.25, 0.3) is 0 Å². The molecule has 0 spiro atoms. The number of hydrogen-bond acceptors (Lipinski definition) is 4. The van der Waals surface area contributed by atoms with Gasteiger partial charge in [0, 0.05) is 11.1 Å². The van der Waals surface area contributed by atoms with Gasteiger partial charge in [-0.3, -0.25) is 0 Å². The Morgan fingerprint density at radius 2 is 1.72 bits per heavy atom. The molecular formula is C16H8F4N4O. The molecule has 0 aliphatic carbocycles. The first kappa shape index (κ1) is 16.4. The number of aromatic nitrogens is 4. The van der Waals surface area contributed by atoms with E-state index >= 15 is 0 Å². The highest BCUT2D eigenvalue weighted by atomic mass is 19.4. The van der Waals surface area contributed by atoms with E-state index in [1.165, 1.54) is 12.1 Å². The minimum atomic E-state index is -4.69. The molecule has 0 radical (unpaired) electrons. The Balaban J connectivity index is 1.97. The average Bonchev–Trinajstić information content (AvgIpc) is 3.08. The summed E-state index contributed by atoms with van der Waals surface area (Å²) < 4.78 is 53.0. The van der Waals surface area contributed by atoms with Crippen molar-refractivity contribution in [1.29, 1.82) is 0 Å². The number of tetrazole rings is 1. The molecule has 0 bridgehead atoms. The number of aromatic amines is 1. The molecule has 2 aromatic carbocycles. The van der Waals surface area contributed by atoms with Gasteiger partial charge in [-0.15, -0.1) is 5.10 Å². The molecule has 0 saturated carbocycles. The van der Waals surface area contributed by atoms with Gasteiger partial charge >= 0.3 is 6.18 Å². The molecule has 0 aliphatic rings. The number of nitrogens with one attached hydrogen (secondary N) is 1. The Morgan fingerprint density at radius 3 is 2.36 bits per heavy atom. The summed E-state index contributed by atoms with van der Waals surface area (Å²) in [4.78, 5) is 0. The van der Waals surface area contributed by atoms with E-state index in [0.29, 0.717) is 11.6 Å². The van der Waals surface area contributed by atoms with E-state index in [2.05, 4.69) is 32.5 Å². The molecule has 126 valence electrons. The molecule has 3 rings (SSSR count). The summed E-state index contributed by atoms with van der Waals surface area (Å²) in [5.41, 5.74) is -1.18. The first-order valence-corrected chi connectivity index (χ1v) is 6.80. The zero-order valence-corrected chi connectivity index (χ0v) is 12.3. The maximum absolute atomic E-state index is 14.1. The maximum atomic E-state index is 14.1. The second-order valence-electron chi connectivity index (χ2n) is 4.92. The predicted octanol–water partition coefficient (Wildman–Crippen LogP) is 3.13. The fourth-order valence-electron chi connectivity index (χ4n) is 2.06. The van der Waals surface area contributed by atoms with Crippen LogP contribution in [0.15, 0.2) is 36.4 Å². The van der Waals surface area contributed by atoms with E-state index in [1.807, 2.05) is 0 Å². The van der Waals surface area contributed by atoms with Crippen LogP contribution >= 0.6 is 0 Å². The normalized spacial score (nSPS) is 11.0. The molecular weight excluding hydrogens is 340 g/mol. The van der Waals surface area contributed by atoms with Crippen molar-refractivity contribution in [2.75, 3.05) is 0 Å². The van der Waals surface area contributed by atoms with Crippen LogP contribution in [-0.4, -0.2) is 25.7 Å². The van der Waals surface area contributed by atoms with Gasteiger partial charge in [-0.05, 0) is 46.8 Å². The summed E-state index contributed by atoms with van der Waals surface area (Å²) in [6.45, 7) is 0. The zero-order chi connectivity index (χ0) is 18.0. The quantitative estimate of drug-likeness (QED) is 0.523. The number of aromatic hydroxyl groups is 1. The topological polar surface area (TPSA) is 74.7 Å². The molecule has 1 heterocycles. The van der Waals surface area contributed by atoms with E-state index in [-0.39, 0.29) is 17.0 Å². The summed E-state index contributed by atoms with van der Waals surface area (Å²) in [7, 11) is 0. The van der Waals surface area contributed by atoms with E-state index in [4.69, 9.17) is 0 Å². The summed E-state index contributed by atoms with van der Waals surface area (Å²) >= 11 is 0. The second kappa shape index (κ2) is 6.24. The lowest BCUT2D eigenvalue weighted by atomic mass is 10.1. The molecule has 0 saturated heterocycles. The Morgan fingerprint density at radius 1 is 1.00 bits per heavy atom. The predicted molar refractivity (Wildman–Crippen MR) is 78.7 cm³/mol. The number of halogens is 4. The molecule has 5 nitrogen and oxygen atoms in total. The number of hydrogen-bond donors (Lipinski definition) is 2. The van der Waals surface area contributed by atoms with E-state index in [0.717, 1.165) is 18.2 Å². The highest BCUT2D eigenvalue weighted by Gasteiger charge is 2.33. The van der Waals surface area contributed by atoms with Crippen LogP contribution in [0.3, 0.4) is 0 Å². The Hall–Kier alpha value is -3.41. The lowest BCUT2D eigenvalue weighted by Gasteiger charge is -2.09. The third-order valence-corrected chi connectivity index (χ3v) is 3.23. The van der Waals surface area contributed by atoms with Crippen molar-refractivity contribution < 1.29 is 22.7 Å². The molecule has 3 aromatic rings. The summed E-state index contributed by atoms with van der Waals surface area (Å²) in [5.74, 6) is 3.64. The van der Waals surface area contributed by atoms with Crippen molar-refractivity contribution in [2.45, 2.75) is 6.18 Å². The van der Waals surface area contributed by atoms with Crippen LogP contribution in [-0.2, 0) is 6.18 Å². The number of rotatable bonds is 1. The van der Waals surface area contributed by atoms with Gasteiger partial charge in [0.15, 0.2) is 5.82 Å². The smallest absolute Gasteiger partial charge is 0.417 e. The molecule has 0 amide bonds. The number of H-pyrrole nitrogens is 1.